The Hall–Kier alpha value is -2.07. The van der Waals surface area contributed by atoms with E-state index in [-0.39, 0.29) is 19.4 Å². The van der Waals surface area contributed by atoms with Crippen molar-refractivity contribution in [3.05, 3.63) is 48.6 Å². The highest BCUT2D eigenvalue weighted by atomic mass is 31.2. The SMILES string of the molecule is CCCCC/C=C/C/C=C/C/C=C/CCCCC(=O)O[C@H](COC(=O)CCCCCCC/C=C/CCCCCCCC)COP(=O)(O)OC[C@@H](O)CO. The molecular weight excluding hydrogens is 695 g/mol. The molecule has 0 radical (unpaired) electrons. The van der Waals surface area contributed by atoms with Crippen LogP contribution in [0.5, 0.6) is 0 Å². The molecule has 0 aromatic carbocycles. The van der Waals surface area contributed by atoms with Crippen LogP contribution in [0.1, 0.15) is 168 Å². The van der Waals surface area contributed by atoms with E-state index in [4.69, 9.17) is 19.1 Å². The van der Waals surface area contributed by atoms with Crippen LogP contribution in [-0.2, 0) is 32.7 Å². The number of rotatable bonds is 38. The fourth-order valence-electron chi connectivity index (χ4n) is 5.23. The first-order chi connectivity index (χ1) is 25.7. The van der Waals surface area contributed by atoms with Crippen LogP contribution in [0.15, 0.2) is 48.6 Å². The summed E-state index contributed by atoms with van der Waals surface area (Å²) in [4.78, 5) is 34.9. The molecule has 0 bridgehead atoms. The summed E-state index contributed by atoms with van der Waals surface area (Å²) in [6.45, 7) is 2.28. The summed E-state index contributed by atoms with van der Waals surface area (Å²) in [5.74, 6) is -0.982. The minimum Gasteiger partial charge on any atom is -0.462 e. The Morgan fingerprint density at radius 2 is 0.981 bits per heavy atom. The number of ether oxygens (including phenoxy) is 2. The summed E-state index contributed by atoms with van der Waals surface area (Å²) in [5, 5.41) is 18.3. The second-order valence-corrected chi connectivity index (χ2v) is 15.1. The molecule has 0 aliphatic carbocycles. The Kier molecular flexibility index (Phi) is 36.7. The standard InChI is InChI=1S/C42H75O10P/c1-3-5-7-9-11-13-15-17-19-21-23-25-27-29-31-33-41(45)49-37-40(38-51-53(47,48)50-36-39(44)35-43)52-42(46)34-32-30-28-26-24-22-20-18-16-14-12-10-8-6-4-2/h12,14,17-20,24,26,39-40,43-44H,3-11,13,15-16,21-23,25,27-38H2,1-2H3,(H,47,48)/b14-12+,19-17+,20-18+,26-24+/t39-,40+/m0/s1. The number of phosphoric acid groups is 1. The van der Waals surface area contributed by atoms with Crippen LogP contribution in [0.4, 0.5) is 0 Å². The third-order valence-corrected chi connectivity index (χ3v) is 9.41. The van der Waals surface area contributed by atoms with Crippen LogP contribution in [0, 0.1) is 0 Å². The van der Waals surface area contributed by atoms with Crippen LogP contribution in [-0.4, -0.2) is 65.7 Å². The average Bonchev–Trinajstić information content (AvgIpc) is 3.14. The van der Waals surface area contributed by atoms with Crippen molar-refractivity contribution < 1.29 is 47.8 Å². The Morgan fingerprint density at radius 3 is 1.57 bits per heavy atom. The molecule has 308 valence electrons. The van der Waals surface area contributed by atoms with E-state index in [1.165, 1.54) is 57.8 Å². The molecule has 10 nitrogen and oxygen atoms in total. The zero-order valence-corrected chi connectivity index (χ0v) is 34.1. The molecule has 0 aromatic heterocycles. The minimum absolute atomic E-state index is 0.133. The van der Waals surface area contributed by atoms with Gasteiger partial charge in [-0.15, -0.1) is 0 Å². The van der Waals surface area contributed by atoms with Gasteiger partial charge in [0.2, 0.25) is 0 Å². The van der Waals surface area contributed by atoms with Gasteiger partial charge in [-0.05, 0) is 77.0 Å². The molecule has 0 rings (SSSR count). The zero-order chi connectivity index (χ0) is 39.1. The minimum atomic E-state index is -4.63. The Morgan fingerprint density at radius 1 is 0.566 bits per heavy atom. The van der Waals surface area contributed by atoms with Gasteiger partial charge in [-0.1, -0.05) is 127 Å². The first kappa shape index (κ1) is 50.9. The second-order valence-electron chi connectivity index (χ2n) is 13.7. The van der Waals surface area contributed by atoms with Gasteiger partial charge in [-0.3, -0.25) is 18.6 Å². The quantitative estimate of drug-likeness (QED) is 0.0240. The monoisotopic (exact) mass is 771 g/mol. The van der Waals surface area contributed by atoms with E-state index in [1.54, 1.807) is 0 Å². The maximum Gasteiger partial charge on any atom is 0.472 e. The summed E-state index contributed by atoms with van der Waals surface area (Å²) >= 11 is 0. The van der Waals surface area contributed by atoms with E-state index < -0.39 is 51.8 Å². The van der Waals surface area contributed by atoms with E-state index in [9.17, 15) is 24.2 Å². The zero-order valence-electron chi connectivity index (χ0n) is 33.2. The van der Waals surface area contributed by atoms with Crippen molar-refractivity contribution in [2.24, 2.45) is 0 Å². The number of carbonyl (C=O) groups excluding carboxylic acids is 2. The van der Waals surface area contributed by atoms with Gasteiger partial charge < -0.3 is 24.6 Å². The molecular formula is C42H75O10P. The van der Waals surface area contributed by atoms with Crippen molar-refractivity contribution in [2.45, 2.75) is 180 Å². The Labute approximate surface area is 322 Å². The Balaban J connectivity index is 4.42. The highest BCUT2D eigenvalue weighted by molar-refractivity contribution is 7.47. The van der Waals surface area contributed by atoms with Crippen LogP contribution in [0.3, 0.4) is 0 Å². The maximum absolute atomic E-state index is 12.6. The largest absolute Gasteiger partial charge is 0.472 e. The molecule has 3 atom stereocenters. The van der Waals surface area contributed by atoms with Gasteiger partial charge in [0.1, 0.15) is 12.7 Å². The molecule has 1 unspecified atom stereocenters. The smallest absolute Gasteiger partial charge is 0.462 e. The molecule has 0 fully saturated rings. The van der Waals surface area contributed by atoms with Crippen molar-refractivity contribution in [1.82, 2.24) is 0 Å². The molecule has 0 aliphatic rings. The van der Waals surface area contributed by atoms with Crippen molar-refractivity contribution in [3.8, 4) is 0 Å². The number of unbranched alkanes of at least 4 members (excludes halogenated alkanes) is 16. The van der Waals surface area contributed by atoms with Crippen molar-refractivity contribution >= 4 is 19.8 Å². The highest BCUT2D eigenvalue weighted by Gasteiger charge is 2.27. The van der Waals surface area contributed by atoms with Gasteiger partial charge in [0, 0.05) is 12.8 Å². The average molecular weight is 771 g/mol. The number of hydrogen-bond donors (Lipinski definition) is 3. The first-order valence-corrected chi connectivity index (χ1v) is 22.1. The lowest BCUT2D eigenvalue weighted by atomic mass is 10.1. The summed E-state index contributed by atoms with van der Waals surface area (Å²) in [6, 6.07) is 0. The fraction of sp³-hybridized carbons (Fsp3) is 0.762. The molecule has 3 N–H and O–H groups in total. The van der Waals surface area contributed by atoms with Gasteiger partial charge in [0.25, 0.3) is 0 Å². The first-order valence-electron chi connectivity index (χ1n) is 20.6. The number of phosphoric ester groups is 1. The van der Waals surface area contributed by atoms with Gasteiger partial charge in [0.05, 0.1) is 19.8 Å². The Bertz CT molecular complexity index is 1030. The van der Waals surface area contributed by atoms with E-state index >= 15 is 0 Å². The normalized spacial score (nSPS) is 14.4. The van der Waals surface area contributed by atoms with Gasteiger partial charge >= 0.3 is 19.8 Å². The molecule has 0 saturated heterocycles. The number of aliphatic hydroxyl groups is 2. The topological polar surface area (TPSA) is 149 Å². The van der Waals surface area contributed by atoms with Crippen molar-refractivity contribution in [2.75, 3.05) is 26.4 Å². The molecule has 0 spiro atoms. The van der Waals surface area contributed by atoms with Gasteiger partial charge in [0.15, 0.2) is 6.10 Å². The second kappa shape index (κ2) is 38.2. The van der Waals surface area contributed by atoms with Crippen molar-refractivity contribution in [1.29, 1.82) is 0 Å². The van der Waals surface area contributed by atoms with Crippen LogP contribution in [0.2, 0.25) is 0 Å². The number of allylic oxidation sites excluding steroid dienone is 8. The highest BCUT2D eigenvalue weighted by Crippen LogP contribution is 2.43. The predicted molar refractivity (Wildman–Crippen MR) is 214 cm³/mol. The molecule has 0 heterocycles. The summed E-state index contributed by atoms with van der Waals surface area (Å²) in [6.07, 6.45) is 39.4. The molecule has 0 aliphatic heterocycles. The summed E-state index contributed by atoms with van der Waals surface area (Å²) in [5.41, 5.74) is 0. The van der Waals surface area contributed by atoms with Gasteiger partial charge in [-0.25, -0.2) is 4.57 Å². The lowest BCUT2D eigenvalue weighted by Crippen LogP contribution is -2.29. The molecule has 11 heteroatoms. The van der Waals surface area contributed by atoms with E-state index in [1.807, 2.05) is 0 Å². The number of hydrogen-bond acceptors (Lipinski definition) is 9. The third kappa shape index (κ3) is 38.0. The summed E-state index contributed by atoms with van der Waals surface area (Å²) in [7, 11) is -4.63. The van der Waals surface area contributed by atoms with Crippen LogP contribution >= 0.6 is 7.82 Å². The summed E-state index contributed by atoms with van der Waals surface area (Å²) < 4.78 is 32.6. The molecule has 53 heavy (non-hydrogen) atoms. The van der Waals surface area contributed by atoms with Gasteiger partial charge in [-0.2, -0.15) is 0 Å². The van der Waals surface area contributed by atoms with E-state index in [2.05, 4.69) is 67.0 Å². The molecule has 0 saturated carbocycles. The number of aliphatic hydroxyl groups excluding tert-OH is 2. The molecule has 0 amide bonds. The van der Waals surface area contributed by atoms with Crippen LogP contribution in [0.25, 0.3) is 0 Å². The third-order valence-electron chi connectivity index (χ3n) is 8.46. The maximum atomic E-state index is 12.6. The van der Waals surface area contributed by atoms with Crippen molar-refractivity contribution in [3.63, 3.8) is 0 Å². The molecule has 0 aromatic rings. The number of esters is 2. The van der Waals surface area contributed by atoms with E-state index in [0.29, 0.717) is 12.8 Å². The number of carbonyl (C=O) groups is 2. The van der Waals surface area contributed by atoms with Crippen LogP contribution < -0.4 is 0 Å². The van der Waals surface area contributed by atoms with E-state index in [0.717, 1.165) is 70.6 Å². The lowest BCUT2D eigenvalue weighted by molar-refractivity contribution is -0.161. The lowest BCUT2D eigenvalue weighted by Gasteiger charge is -2.20. The predicted octanol–water partition coefficient (Wildman–Crippen LogP) is 10.6. The fourth-order valence-corrected chi connectivity index (χ4v) is 6.02.